The van der Waals surface area contributed by atoms with Crippen LogP contribution in [0.25, 0.3) is 0 Å². The highest BCUT2D eigenvalue weighted by atomic mass is 35.5. The normalized spacial score (nSPS) is 34.0. The quantitative estimate of drug-likeness (QED) is 0.772. The molecule has 0 saturated carbocycles. The van der Waals surface area contributed by atoms with E-state index in [9.17, 15) is 0 Å². The number of hydrogen-bond donors (Lipinski definition) is 1. The molecule has 3 rings (SSSR count). The van der Waals surface area contributed by atoms with Gasteiger partial charge in [-0.15, -0.1) is 11.3 Å². The van der Waals surface area contributed by atoms with Gasteiger partial charge in [-0.3, -0.25) is 0 Å². The monoisotopic (exact) mass is 257 g/mol. The minimum atomic E-state index is -0.0537. The third kappa shape index (κ3) is 1.70. The van der Waals surface area contributed by atoms with Gasteiger partial charge in [0.1, 0.15) is 0 Å². The van der Waals surface area contributed by atoms with E-state index < -0.39 is 0 Å². The lowest BCUT2D eigenvalue weighted by Gasteiger charge is -2.43. The molecule has 88 valence electrons. The fourth-order valence-electron chi connectivity index (χ4n) is 2.95. The smallest absolute Gasteiger partial charge is 0.0969 e. The SMILES string of the molecule is C[C@H]1C[C@@]2(CCN1)OCCc1sc(Cl)cc12. The third-order valence-electron chi connectivity index (χ3n) is 3.63. The summed E-state index contributed by atoms with van der Waals surface area (Å²) in [5.41, 5.74) is 1.31. The van der Waals surface area contributed by atoms with Crippen LogP contribution in [0.3, 0.4) is 0 Å². The van der Waals surface area contributed by atoms with Crippen molar-refractivity contribution in [3.8, 4) is 0 Å². The number of nitrogens with one attached hydrogen (secondary N) is 1. The van der Waals surface area contributed by atoms with Gasteiger partial charge in [-0.2, -0.15) is 0 Å². The first-order valence-electron chi connectivity index (χ1n) is 5.86. The van der Waals surface area contributed by atoms with Gasteiger partial charge in [0, 0.05) is 17.3 Å². The second-order valence-electron chi connectivity index (χ2n) is 4.79. The lowest BCUT2D eigenvalue weighted by molar-refractivity contribution is -0.0869. The lowest BCUT2D eigenvalue weighted by atomic mass is 9.80. The van der Waals surface area contributed by atoms with Crippen LogP contribution in [-0.2, 0) is 16.8 Å². The molecule has 0 amide bonds. The molecular weight excluding hydrogens is 242 g/mol. The van der Waals surface area contributed by atoms with Gasteiger partial charge >= 0.3 is 0 Å². The van der Waals surface area contributed by atoms with E-state index in [1.807, 2.05) is 0 Å². The minimum absolute atomic E-state index is 0.0537. The van der Waals surface area contributed by atoms with Crippen LogP contribution in [0.4, 0.5) is 0 Å². The van der Waals surface area contributed by atoms with Crippen LogP contribution in [0.1, 0.15) is 30.2 Å². The topological polar surface area (TPSA) is 21.3 Å². The Hall–Kier alpha value is -0.0900. The first-order valence-corrected chi connectivity index (χ1v) is 7.05. The van der Waals surface area contributed by atoms with E-state index in [0.717, 1.165) is 36.8 Å². The molecule has 1 spiro atoms. The number of halogens is 1. The third-order valence-corrected chi connectivity index (χ3v) is 4.96. The van der Waals surface area contributed by atoms with Crippen molar-refractivity contribution in [2.75, 3.05) is 13.2 Å². The van der Waals surface area contributed by atoms with Crippen molar-refractivity contribution in [2.24, 2.45) is 0 Å². The highest BCUT2D eigenvalue weighted by molar-refractivity contribution is 7.16. The largest absolute Gasteiger partial charge is 0.370 e. The summed E-state index contributed by atoms with van der Waals surface area (Å²) in [6, 6.07) is 2.65. The highest BCUT2D eigenvalue weighted by Crippen LogP contribution is 2.45. The van der Waals surface area contributed by atoms with Crippen molar-refractivity contribution < 1.29 is 4.74 Å². The van der Waals surface area contributed by atoms with E-state index in [1.54, 1.807) is 11.3 Å². The van der Waals surface area contributed by atoms with Crippen molar-refractivity contribution in [3.05, 3.63) is 20.8 Å². The molecular formula is C12H16ClNOS. The van der Waals surface area contributed by atoms with Crippen molar-refractivity contribution in [1.82, 2.24) is 5.32 Å². The van der Waals surface area contributed by atoms with Crippen LogP contribution in [0.5, 0.6) is 0 Å². The minimum Gasteiger partial charge on any atom is -0.370 e. The summed E-state index contributed by atoms with van der Waals surface area (Å²) in [5, 5.41) is 3.48. The average Bonchev–Trinajstić information content (AvgIpc) is 2.60. The van der Waals surface area contributed by atoms with Gasteiger partial charge in [-0.05, 0) is 37.9 Å². The Kier molecular flexibility index (Phi) is 2.75. The molecule has 2 aliphatic heterocycles. The molecule has 16 heavy (non-hydrogen) atoms. The lowest BCUT2D eigenvalue weighted by Crippen LogP contribution is -2.48. The first kappa shape index (κ1) is 11.0. The van der Waals surface area contributed by atoms with Crippen LogP contribution < -0.4 is 5.32 Å². The van der Waals surface area contributed by atoms with E-state index in [1.165, 1.54) is 10.4 Å². The van der Waals surface area contributed by atoms with Crippen LogP contribution in [-0.4, -0.2) is 19.2 Å². The molecule has 1 aromatic heterocycles. The maximum absolute atomic E-state index is 6.14. The Morgan fingerprint density at radius 3 is 3.31 bits per heavy atom. The molecule has 3 heterocycles. The molecule has 0 aliphatic carbocycles. The molecule has 0 aromatic carbocycles. The summed E-state index contributed by atoms with van der Waals surface area (Å²) in [4.78, 5) is 1.44. The summed E-state index contributed by atoms with van der Waals surface area (Å²) in [6.07, 6.45) is 3.15. The second-order valence-corrected chi connectivity index (χ2v) is 6.56. The number of piperidine rings is 1. The highest BCUT2D eigenvalue weighted by Gasteiger charge is 2.42. The van der Waals surface area contributed by atoms with E-state index >= 15 is 0 Å². The molecule has 0 bridgehead atoms. The Labute approximate surface area is 105 Å². The summed E-state index contributed by atoms with van der Waals surface area (Å²) in [7, 11) is 0. The van der Waals surface area contributed by atoms with Crippen LogP contribution in [0.2, 0.25) is 4.34 Å². The van der Waals surface area contributed by atoms with Gasteiger partial charge in [-0.1, -0.05) is 11.6 Å². The van der Waals surface area contributed by atoms with Gasteiger partial charge in [0.15, 0.2) is 0 Å². The van der Waals surface area contributed by atoms with Crippen LogP contribution in [0.15, 0.2) is 6.07 Å². The predicted octanol–water partition coefficient (Wildman–Crippen LogP) is 2.94. The maximum Gasteiger partial charge on any atom is 0.0969 e. The number of thiophene rings is 1. The van der Waals surface area contributed by atoms with Gasteiger partial charge in [0.05, 0.1) is 16.5 Å². The van der Waals surface area contributed by atoms with Gasteiger partial charge in [0.25, 0.3) is 0 Å². The van der Waals surface area contributed by atoms with Crippen molar-refractivity contribution in [2.45, 2.75) is 37.8 Å². The van der Waals surface area contributed by atoms with Crippen molar-refractivity contribution in [1.29, 1.82) is 0 Å². The molecule has 2 aliphatic rings. The zero-order valence-corrected chi connectivity index (χ0v) is 11.0. The average molecular weight is 258 g/mol. The van der Waals surface area contributed by atoms with Gasteiger partial charge < -0.3 is 10.1 Å². The number of rotatable bonds is 0. The Bertz CT molecular complexity index is 406. The maximum atomic E-state index is 6.14. The number of ether oxygens (including phenoxy) is 1. The van der Waals surface area contributed by atoms with Crippen LogP contribution in [0, 0.1) is 0 Å². The van der Waals surface area contributed by atoms with E-state index in [-0.39, 0.29) is 5.60 Å². The van der Waals surface area contributed by atoms with Crippen molar-refractivity contribution in [3.63, 3.8) is 0 Å². The molecule has 0 unspecified atom stereocenters. The Morgan fingerprint density at radius 1 is 1.62 bits per heavy atom. The fraction of sp³-hybridized carbons (Fsp3) is 0.667. The molecule has 0 radical (unpaired) electrons. The molecule has 1 N–H and O–H groups in total. The molecule has 2 nitrogen and oxygen atoms in total. The standard InChI is InChI=1S/C12H16ClNOS/c1-8-7-12(3-4-14-8)9-6-11(13)16-10(9)2-5-15-12/h6,8,14H,2-5,7H2,1H3/t8-,12+/m0/s1. The summed E-state index contributed by atoms with van der Waals surface area (Å²) >= 11 is 7.86. The Morgan fingerprint density at radius 2 is 2.50 bits per heavy atom. The molecule has 4 heteroatoms. The molecule has 2 atom stereocenters. The molecule has 1 fully saturated rings. The Balaban J connectivity index is 2.02. The summed E-state index contributed by atoms with van der Waals surface area (Å²) in [5.74, 6) is 0. The number of hydrogen-bond acceptors (Lipinski definition) is 3. The summed E-state index contributed by atoms with van der Waals surface area (Å²) < 4.78 is 7.03. The summed E-state index contributed by atoms with van der Waals surface area (Å²) in [6.45, 7) is 4.11. The zero-order valence-electron chi connectivity index (χ0n) is 9.38. The first-order chi connectivity index (χ1) is 7.70. The van der Waals surface area contributed by atoms with E-state index in [2.05, 4.69) is 18.3 Å². The molecule has 1 aromatic rings. The molecule has 1 saturated heterocycles. The van der Waals surface area contributed by atoms with Gasteiger partial charge in [-0.25, -0.2) is 0 Å². The second kappa shape index (κ2) is 3.98. The predicted molar refractivity (Wildman–Crippen MR) is 67.4 cm³/mol. The number of fused-ring (bicyclic) bond motifs is 2. The van der Waals surface area contributed by atoms with Gasteiger partial charge in [0.2, 0.25) is 0 Å². The van der Waals surface area contributed by atoms with Crippen molar-refractivity contribution >= 4 is 22.9 Å². The van der Waals surface area contributed by atoms with Crippen LogP contribution >= 0.6 is 22.9 Å². The van der Waals surface area contributed by atoms with E-state index in [0.29, 0.717) is 6.04 Å². The fourth-order valence-corrected chi connectivity index (χ4v) is 4.29. The zero-order chi connectivity index (χ0) is 11.2. The van der Waals surface area contributed by atoms with E-state index in [4.69, 9.17) is 16.3 Å².